The molecule has 0 aliphatic carbocycles. The van der Waals surface area contributed by atoms with Crippen LogP contribution in [0.25, 0.3) is 0 Å². The normalized spacial score (nSPS) is 12.8. The van der Waals surface area contributed by atoms with Crippen LogP contribution in [-0.2, 0) is 4.84 Å². The summed E-state index contributed by atoms with van der Waals surface area (Å²) in [5, 5.41) is 0.457. The number of hydrogen-bond donors (Lipinski definition) is 0. The molecule has 2 aromatic carbocycles. The molecule has 7 nitrogen and oxygen atoms in total. The molecule has 0 atom stereocenters. The third kappa shape index (κ3) is 2.56. The SMILES string of the molecule is COc1cc(OC)cc(C(=O)ON2C(=O)c3ccccc3C2=O)c1. The van der Waals surface area contributed by atoms with E-state index in [9.17, 15) is 14.4 Å². The van der Waals surface area contributed by atoms with Crippen LogP contribution in [0.5, 0.6) is 11.5 Å². The molecule has 1 aliphatic rings. The van der Waals surface area contributed by atoms with Gasteiger partial charge in [0.2, 0.25) is 0 Å². The Morgan fingerprint density at radius 1 is 0.875 bits per heavy atom. The Balaban J connectivity index is 1.86. The summed E-state index contributed by atoms with van der Waals surface area (Å²) >= 11 is 0. The van der Waals surface area contributed by atoms with E-state index in [2.05, 4.69) is 0 Å². The summed E-state index contributed by atoms with van der Waals surface area (Å²) in [6.45, 7) is 0. The highest BCUT2D eigenvalue weighted by molar-refractivity contribution is 6.21. The average molecular weight is 327 g/mol. The Bertz CT molecular complexity index is 787. The van der Waals surface area contributed by atoms with Gasteiger partial charge in [0.15, 0.2) is 0 Å². The van der Waals surface area contributed by atoms with E-state index >= 15 is 0 Å². The van der Waals surface area contributed by atoms with Gasteiger partial charge in [-0.25, -0.2) is 4.79 Å². The molecular weight excluding hydrogens is 314 g/mol. The van der Waals surface area contributed by atoms with E-state index in [4.69, 9.17) is 14.3 Å². The zero-order valence-electron chi connectivity index (χ0n) is 12.9. The fraction of sp³-hybridized carbons (Fsp3) is 0.118. The van der Waals surface area contributed by atoms with Gasteiger partial charge >= 0.3 is 5.97 Å². The molecular formula is C17H13NO6. The summed E-state index contributed by atoms with van der Waals surface area (Å²) in [5.41, 5.74) is 0.472. The molecule has 0 saturated heterocycles. The number of benzene rings is 2. The number of fused-ring (bicyclic) bond motifs is 1. The van der Waals surface area contributed by atoms with Crippen LogP contribution >= 0.6 is 0 Å². The van der Waals surface area contributed by atoms with Crippen LogP contribution in [0.4, 0.5) is 0 Å². The first-order chi connectivity index (χ1) is 11.5. The number of methoxy groups -OCH3 is 2. The first kappa shape index (κ1) is 15.5. The topological polar surface area (TPSA) is 82.1 Å². The Morgan fingerprint density at radius 2 is 1.38 bits per heavy atom. The lowest BCUT2D eigenvalue weighted by molar-refractivity contribution is -0.0584. The number of carbonyl (C=O) groups is 3. The number of hydrogen-bond acceptors (Lipinski definition) is 6. The lowest BCUT2D eigenvalue weighted by Crippen LogP contribution is -2.32. The van der Waals surface area contributed by atoms with Gasteiger partial charge in [0.1, 0.15) is 11.5 Å². The van der Waals surface area contributed by atoms with Crippen LogP contribution in [-0.4, -0.2) is 37.1 Å². The number of hydroxylamine groups is 2. The smallest absolute Gasteiger partial charge is 0.364 e. The molecule has 2 aromatic rings. The monoisotopic (exact) mass is 327 g/mol. The van der Waals surface area contributed by atoms with E-state index in [-0.39, 0.29) is 16.7 Å². The van der Waals surface area contributed by atoms with Crippen molar-refractivity contribution >= 4 is 17.8 Å². The summed E-state index contributed by atoms with van der Waals surface area (Å²) in [7, 11) is 2.88. The van der Waals surface area contributed by atoms with Gasteiger partial charge in [0.25, 0.3) is 11.8 Å². The van der Waals surface area contributed by atoms with Crippen molar-refractivity contribution in [2.45, 2.75) is 0 Å². The molecule has 122 valence electrons. The minimum Gasteiger partial charge on any atom is -0.497 e. The molecule has 0 saturated carbocycles. The fourth-order valence-corrected chi connectivity index (χ4v) is 2.31. The van der Waals surface area contributed by atoms with Crippen molar-refractivity contribution in [2.75, 3.05) is 14.2 Å². The summed E-state index contributed by atoms with van der Waals surface area (Å²) in [5.74, 6) is -1.48. The zero-order chi connectivity index (χ0) is 17.3. The van der Waals surface area contributed by atoms with Crippen LogP contribution in [0.15, 0.2) is 42.5 Å². The van der Waals surface area contributed by atoms with Gasteiger partial charge in [-0.15, -0.1) is 0 Å². The van der Waals surface area contributed by atoms with Crippen molar-refractivity contribution in [2.24, 2.45) is 0 Å². The maximum Gasteiger partial charge on any atom is 0.364 e. The maximum absolute atomic E-state index is 12.3. The van der Waals surface area contributed by atoms with Crippen LogP contribution in [0.2, 0.25) is 0 Å². The van der Waals surface area contributed by atoms with E-state index < -0.39 is 17.8 Å². The highest BCUT2D eigenvalue weighted by Gasteiger charge is 2.38. The van der Waals surface area contributed by atoms with Crippen molar-refractivity contribution < 1.29 is 28.7 Å². The van der Waals surface area contributed by atoms with E-state index in [1.807, 2.05) is 0 Å². The number of amides is 2. The Morgan fingerprint density at radius 3 is 1.83 bits per heavy atom. The Hall–Kier alpha value is -3.35. The van der Waals surface area contributed by atoms with E-state index in [1.54, 1.807) is 18.2 Å². The molecule has 0 fully saturated rings. The highest BCUT2D eigenvalue weighted by Crippen LogP contribution is 2.26. The van der Waals surface area contributed by atoms with Crippen LogP contribution in [0.1, 0.15) is 31.1 Å². The van der Waals surface area contributed by atoms with Crippen LogP contribution < -0.4 is 9.47 Å². The average Bonchev–Trinajstić information content (AvgIpc) is 2.86. The molecule has 1 heterocycles. The zero-order valence-corrected chi connectivity index (χ0v) is 12.9. The summed E-state index contributed by atoms with van der Waals surface area (Å²) in [6, 6.07) is 10.7. The lowest BCUT2D eigenvalue weighted by Gasteiger charge is -2.13. The molecule has 0 aromatic heterocycles. The molecule has 1 aliphatic heterocycles. The molecule has 3 rings (SSSR count). The van der Waals surface area contributed by atoms with E-state index in [0.717, 1.165) is 0 Å². The third-order valence-corrected chi connectivity index (χ3v) is 3.52. The molecule has 0 radical (unpaired) electrons. The molecule has 0 bridgehead atoms. The van der Waals surface area contributed by atoms with Crippen molar-refractivity contribution in [1.82, 2.24) is 5.06 Å². The molecule has 0 spiro atoms. The number of rotatable bonds is 4. The summed E-state index contributed by atoms with van der Waals surface area (Å²) in [4.78, 5) is 41.7. The second-order valence-electron chi connectivity index (χ2n) is 4.93. The first-order valence-electron chi connectivity index (χ1n) is 6.98. The minimum atomic E-state index is -0.873. The minimum absolute atomic E-state index is 0.0859. The summed E-state index contributed by atoms with van der Waals surface area (Å²) < 4.78 is 10.2. The van der Waals surface area contributed by atoms with Gasteiger partial charge in [-0.3, -0.25) is 9.59 Å². The number of imide groups is 1. The second-order valence-corrected chi connectivity index (χ2v) is 4.93. The Labute approximate surface area is 137 Å². The van der Waals surface area contributed by atoms with Gasteiger partial charge in [-0.05, 0) is 24.3 Å². The van der Waals surface area contributed by atoms with E-state index in [1.165, 1.54) is 38.5 Å². The number of carbonyl (C=O) groups excluding carboxylic acids is 3. The largest absolute Gasteiger partial charge is 0.497 e. The Kier molecular flexibility index (Phi) is 3.91. The summed E-state index contributed by atoms with van der Waals surface area (Å²) in [6.07, 6.45) is 0. The molecule has 7 heteroatoms. The van der Waals surface area contributed by atoms with Gasteiger partial charge in [-0.1, -0.05) is 17.2 Å². The van der Waals surface area contributed by atoms with Crippen molar-refractivity contribution in [3.63, 3.8) is 0 Å². The molecule has 0 unspecified atom stereocenters. The fourth-order valence-electron chi connectivity index (χ4n) is 2.31. The van der Waals surface area contributed by atoms with Gasteiger partial charge in [-0.2, -0.15) is 0 Å². The van der Waals surface area contributed by atoms with Gasteiger partial charge in [0.05, 0.1) is 30.9 Å². The first-order valence-corrected chi connectivity index (χ1v) is 6.98. The molecule has 0 N–H and O–H groups in total. The molecule has 2 amide bonds. The predicted molar refractivity (Wildman–Crippen MR) is 81.9 cm³/mol. The maximum atomic E-state index is 12.3. The predicted octanol–water partition coefficient (Wildman–Crippen LogP) is 2.07. The van der Waals surface area contributed by atoms with Gasteiger partial charge in [0, 0.05) is 6.07 Å². The lowest BCUT2D eigenvalue weighted by atomic mass is 10.1. The number of ether oxygens (including phenoxy) is 2. The third-order valence-electron chi connectivity index (χ3n) is 3.52. The van der Waals surface area contributed by atoms with Gasteiger partial charge < -0.3 is 14.3 Å². The highest BCUT2D eigenvalue weighted by atomic mass is 16.7. The standard InChI is InChI=1S/C17H13NO6/c1-22-11-7-10(8-12(9-11)23-2)17(21)24-18-15(19)13-5-3-4-6-14(13)16(18)20/h3-9H,1-2H3. The number of nitrogens with zero attached hydrogens (tertiary/aromatic N) is 1. The van der Waals surface area contributed by atoms with Crippen LogP contribution in [0.3, 0.4) is 0 Å². The van der Waals surface area contributed by atoms with Crippen molar-refractivity contribution in [3.05, 3.63) is 59.2 Å². The quantitative estimate of drug-likeness (QED) is 0.800. The van der Waals surface area contributed by atoms with Crippen molar-refractivity contribution in [1.29, 1.82) is 0 Å². The van der Waals surface area contributed by atoms with Crippen molar-refractivity contribution in [3.8, 4) is 11.5 Å². The van der Waals surface area contributed by atoms with Crippen LogP contribution in [0, 0.1) is 0 Å². The molecule has 24 heavy (non-hydrogen) atoms. The van der Waals surface area contributed by atoms with E-state index in [0.29, 0.717) is 16.6 Å². The second kappa shape index (κ2) is 6.04.